The molecule has 0 atom stereocenters. The van der Waals surface area contributed by atoms with Crippen LogP contribution < -0.4 is 0 Å². The summed E-state index contributed by atoms with van der Waals surface area (Å²) in [7, 11) is 0. The third-order valence-corrected chi connectivity index (χ3v) is 3.67. The second-order valence-corrected chi connectivity index (χ2v) is 4.80. The summed E-state index contributed by atoms with van der Waals surface area (Å²) in [5.74, 6) is 0. The zero-order valence-electron chi connectivity index (χ0n) is 9.97. The van der Waals surface area contributed by atoms with E-state index in [-0.39, 0.29) is 0 Å². The lowest BCUT2D eigenvalue weighted by molar-refractivity contribution is 0.822. The molecule has 4 heteroatoms. The molecule has 0 radical (unpaired) electrons. The molecule has 0 N–H and O–H groups in total. The molecule has 0 spiro atoms. The van der Waals surface area contributed by atoms with Gasteiger partial charge in [0.1, 0.15) is 5.52 Å². The summed E-state index contributed by atoms with van der Waals surface area (Å²) in [5.41, 5.74) is 5.54. The number of benzene rings is 2. The van der Waals surface area contributed by atoms with Crippen molar-refractivity contribution < 1.29 is 0 Å². The maximum Gasteiger partial charge on any atom is 0.113 e. The third-order valence-electron chi connectivity index (χ3n) is 3.07. The second kappa shape index (κ2) is 4.53. The molecule has 3 rings (SSSR count). The Bertz CT molecular complexity index is 703. The second-order valence-electron chi connectivity index (χ2n) is 4.23. The van der Waals surface area contributed by atoms with Gasteiger partial charge in [0, 0.05) is 5.33 Å². The average molecular weight is 302 g/mol. The minimum atomic E-state index is 0.872. The van der Waals surface area contributed by atoms with E-state index in [9.17, 15) is 0 Å². The first-order valence-corrected chi connectivity index (χ1v) is 6.88. The normalized spacial score (nSPS) is 11.0. The van der Waals surface area contributed by atoms with Gasteiger partial charge in [-0.25, -0.2) is 4.68 Å². The molecule has 1 aromatic heterocycles. The summed E-state index contributed by atoms with van der Waals surface area (Å²) in [5, 5.41) is 9.26. The lowest BCUT2D eigenvalue weighted by Crippen LogP contribution is -1.98. The van der Waals surface area contributed by atoms with Crippen molar-refractivity contribution in [3.63, 3.8) is 0 Å². The first-order valence-electron chi connectivity index (χ1n) is 5.76. The molecule has 0 saturated heterocycles. The van der Waals surface area contributed by atoms with E-state index < -0.39 is 0 Å². The first kappa shape index (κ1) is 11.4. The number of aryl methyl sites for hydroxylation is 1. The highest BCUT2D eigenvalue weighted by atomic mass is 79.9. The van der Waals surface area contributed by atoms with E-state index in [1.807, 2.05) is 28.9 Å². The zero-order chi connectivity index (χ0) is 12.5. The highest BCUT2D eigenvalue weighted by Crippen LogP contribution is 2.20. The van der Waals surface area contributed by atoms with Crippen molar-refractivity contribution in [2.24, 2.45) is 0 Å². The molecule has 0 saturated carbocycles. The van der Waals surface area contributed by atoms with Crippen molar-refractivity contribution in [2.45, 2.75) is 12.3 Å². The fourth-order valence-electron chi connectivity index (χ4n) is 2.02. The number of alkyl halides is 1. The van der Waals surface area contributed by atoms with Crippen LogP contribution >= 0.6 is 15.9 Å². The minimum absolute atomic E-state index is 0.872. The Morgan fingerprint density at radius 1 is 1.17 bits per heavy atom. The maximum atomic E-state index is 4.22. The minimum Gasteiger partial charge on any atom is -0.213 e. The number of nitrogens with zero attached hydrogens (tertiary/aromatic N) is 3. The Morgan fingerprint density at radius 2 is 2.00 bits per heavy atom. The quantitative estimate of drug-likeness (QED) is 0.677. The van der Waals surface area contributed by atoms with Gasteiger partial charge in [-0.15, -0.1) is 5.10 Å². The van der Waals surface area contributed by atoms with Crippen LogP contribution in [0.5, 0.6) is 0 Å². The van der Waals surface area contributed by atoms with Gasteiger partial charge in [0.2, 0.25) is 0 Å². The van der Waals surface area contributed by atoms with Crippen LogP contribution in [-0.4, -0.2) is 15.0 Å². The average Bonchev–Trinajstić information content (AvgIpc) is 2.82. The van der Waals surface area contributed by atoms with Gasteiger partial charge in [0.15, 0.2) is 0 Å². The molecule has 90 valence electrons. The van der Waals surface area contributed by atoms with Crippen LogP contribution in [0.15, 0.2) is 42.5 Å². The lowest BCUT2D eigenvalue weighted by Gasteiger charge is -2.06. The van der Waals surface area contributed by atoms with Gasteiger partial charge >= 0.3 is 0 Å². The Hall–Kier alpha value is -1.68. The van der Waals surface area contributed by atoms with Crippen LogP contribution in [0.25, 0.3) is 16.7 Å². The molecular weight excluding hydrogens is 290 g/mol. The predicted octanol–water partition coefficient (Wildman–Crippen LogP) is 3.62. The standard InChI is InChI=1S/C14H12BrN3/c1-10-8-12(7-6-11(10)9-15)18-14-5-3-2-4-13(14)16-17-18/h2-8H,9H2,1H3. The number of fused-ring (bicyclic) bond motifs is 1. The number of hydrogen-bond acceptors (Lipinski definition) is 2. The topological polar surface area (TPSA) is 30.7 Å². The maximum absolute atomic E-state index is 4.22. The van der Waals surface area contributed by atoms with E-state index in [0.717, 1.165) is 22.1 Å². The molecule has 0 aliphatic heterocycles. The Morgan fingerprint density at radius 3 is 2.78 bits per heavy atom. The van der Waals surface area contributed by atoms with Crippen LogP contribution in [-0.2, 0) is 5.33 Å². The van der Waals surface area contributed by atoms with Crippen LogP contribution in [0.4, 0.5) is 0 Å². The molecular formula is C14H12BrN3. The number of hydrogen-bond donors (Lipinski definition) is 0. The lowest BCUT2D eigenvalue weighted by atomic mass is 10.1. The van der Waals surface area contributed by atoms with Gasteiger partial charge < -0.3 is 0 Å². The highest BCUT2D eigenvalue weighted by Gasteiger charge is 2.06. The predicted molar refractivity (Wildman–Crippen MR) is 76.2 cm³/mol. The van der Waals surface area contributed by atoms with Gasteiger partial charge in [-0.3, -0.25) is 0 Å². The smallest absolute Gasteiger partial charge is 0.113 e. The van der Waals surface area contributed by atoms with Crippen molar-refractivity contribution in [3.8, 4) is 5.69 Å². The number of halogens is 1. The van der Waals surface area contributed by atoms with E-state index in [0.29, 0.717) is 0 Å². The van der Waals surface area contributed by atoms with Crippen molar-refractivity contribution in [1.29, 1.82) is 0 Å². The van der Waals surface area contributed by atoms with Crippen molar-refractivity contribution in [3.05, 3.63) is 53.6 Å². The van der Waals surface area contributed by atoms with Gasteiger partial charge in [0.25, 0.3) is 0 Å². The summed E-state index contributed by atoms with van der Waals surface area (Å²) < 4.78 is 1.88. The molecule has 0 fully saturated rings. The Kier molecular flexibility index (Phi) is 2.88. The zero-order valence-corrected chi connectivity index (χ0v) is 11.6. The van der Waals surface area contributed by atoms with Crippen molar-refractivity contribution in [2.75, 3.05) is 0 Å². The fraction of sp³-hybridized carbons (Fsp3) is 0.143. The van der Waals surface area contributed by atoms with Gasteiger partial charge in [0.05, 0.1) is 11.2 Å². The first-order chi connectivity index (χ1) is 8.79. The molecule has 2 aromatic carbocycles. The molecule has 1 heterocycles. The highest BCUT2D eigenvalue weighted by molar-refractivity contribution is 9.08. The molecule has 3 aromatic rings. The molecule has 18 heavy (non-hydrogen) atoms. The molecule has 3 nitrogen and oxygen atoms in total. The molecule has 0 aliphatic carbocycles. The van der Waals surface area contributed by atoms with Gasteiger partial charge in [-0.1, -0.05) is 39.3 Å². The van der Waals surface area contributed by atoms with Gasteiger partial charge in [-0.05, 0) is 42.3 Å². The third kappa shape index (κ3) is 1.82. The summed E-state index contributed by atoms with van der Waals surface area (Å²) >= 11 is 3.49. The van der Waals surface area contributed by atoms with E-state index in [1.54, 1.807) is 0 Å². The van der Waals surface area contributed by atoms with E-state index in [1.165, 1.54) is 11.1 Å². The SMILES string of the molecule is Cc1cc(-n2nnc3ccccc32)ccc1CBr. The summed E-state index contributed by atoms with van der Waals surface area (Å²) in [6, 6.07) is 14.3. The van der Waals surface area contributed by atoms with Crippen LogP contribution in [0.1, 0.15) is 11.1 Å². The van der Waals surface area contributed by atoms with Gasteiger partial charge in [-0.2, -0.15) is 0 Å². The van der Waals surface area contributed by atoms with E-state index in [4.69, 9.17) is 0 Å². The number of aromatic nitrogens is 3. The summed E-state index contributed by atoms with van der Waals surface area (Å²) in [6.45, 7) is 2.11. The van der Waals surface area contributed by atoms with E-state index >= 15 is 0 Å². The molecule has 0 bridgehead atoms. The number of para-hydroxylation sites is 1. The van der Waals surface area contributed by atoms with Crippen LogP contribution in [0.2, 0.25) is 0 Å². The largest absolute Gasteiger partial charge is 0.213 e. The molecule has 0 amide bonds. The Labute approximate surface area is 114 Å². The van der Waals surface area contributed by atoms with Crippen molar-refractivity contribution in [1.82, 2.24) is 15.0 Å². The van der Waals surface area contributed by atoms with Crippen molar-refractivity contribution >= 4 is 27.0 Å². The molecule has 0 aliphatic rings. The summed E-state index contributed by atoms with van der Waals surface area (Å²) in [6.07, 6.45) is 0. The van der Waals surface area contributed by atoms with E-state index in [2.05, 4.69) is 51.4 Å². The monoisotopic (exact) mass is 301 g/mol. The Balaban J connectivity index is 2.17. The molecule has 0 unspecified atom stereocenters. The fourth-order valence-corrected chi connectivity index (χ4v) is 2.65. The summed E-state index contributed by atoms with van der Waals surface area (Å²) in [4.78, 5) is 0. The van der Waals surface area contributed by atoms with Crippen LogP contribution in [0.3, 0.4) is 0 Å². The number of rotatable bonds is 2. The van der Waals surface area contributed by atoms with Crippen LogP contribution in [0, 0.1) is 6.92 Å².